The van der Waals surface area contributed by atoms with Crippen molar-refractivity contribution in [2.24, 2.45) is 0 Å². The van der Waals surface area contributed by atoms with Crippen LogP contribution in [0.25, 0.3) is 0 Å². The van der Waals surface area contributed by atoms with Gasteiger partial charge in [0.05, 0.1) is 11.5 Å². The molecule has 1 aliphatic heterocycles. The summed E-state index contributed by atoms with van der Waals surface area (Å²) in [7, 11) is -3.70. The van der Waals surface area contributed by atoms with Gasteiger partial charge in [0.2, 0.25) is 0 Å². The van der Waals surface area contributed by atoms with Crippen molar-refractivity contribution in [1.82, 2.24) is 4.90 Å². The van der Waals surface area contributed by atoms with Gasteiger partial charge in [-0.3, -0.25) is 9.08 Å². The van der Waals surface area contributed by atoms with Crippen LogP contribution in [0.1, 0.15) is 46.1 Å². The Morgan fingerprint density at radius 3 is 2.36 bits per heavy atom. The molecular weight excluding hydrogens is 298 g/mol. The van der Waals surface area contributed by atoms with Gasteiger partial charge >= 0.3 is 0 Å². The second-order valence-corrected chi connectivity index (χ2v) is 9.07. The second-order valence-electron chi connectivity index (χ2n) is 7.45. The zero-order valence-corrected chi connectivity index (χ0v) is 15.0. The van der Waals surface area contributed by atoms with Gasteiger partial charge in [0.15, 0.2) is 0 Å². The second kappa shape index (κ2) is 5.95. The van der Waals surface area contributed by atoms with Crippen molar-refractivity contribution in [3.05, 3.63) is 29.8 Å². The fourth-order valence-electron chi connectivity index (χ4n) is 3.30. The molecule has 0 unspecified atom stereocenters. The van der Waals surface area contributed by atoms with E-state index in [9.17, 15) is 8.42 Å². The normalized spacial score (nSPS) is 23.9. The van der Waals surface area contributed by atoms with Gasteiger partial charge in [-0.25, -0.2) is 0 Å². The standard InChI is InChI=1S/C17H27NO3S/c1-14-7-9-15(10-8-14)22(19,20)21-13-17(5)11-6-12-18(17)16(2,3)4/h7-10H,6,11-13H2,1-5H3/t17-/m1/s1. The molecule has 0 aliphatic carbocycles. The molecule has 1 atom stereocenters. The van der Waals surface area contributed by atoms with Crippen LogP contribution < -0.4 is 0 Å². The minimum absolute atomic E-state index is 0.00221. The maximum Gasteiger partial charge on any atom is 0.297 e. The molecule has 0 bridgehead atoms. The molecule has 1 aromatic carbocycles. The number of rotatable bonds is 4. The highest BCUT2D eigenvalue weighted by Crippen LogP contribution is 2.36. The van der Waals surface area contributed by atoms with E-state index in [1.807, 2.05) is 6.92 Å². The maximum atomic E-state index is 12.4. The van der Waals surface area contributed by atoms with E-state index >= 15 is 0 Å². The molecule has 4 nitrogen and oxygen atoms in total. The lowest BCUT2D eigenvalue weighted by Gasteiger charge is -2.43. The third-order valence-corrected chi connectivity index (χ3v) is 5.67. The summed E-state index contributed by atoms with van der Waals surface area (Å²) >= 11 is 0. The van der Waals surface area contributed by atoms with Gasteiger partial charge in [-0.2, -0.15) is 8.42 Å². The fraction of sp³-hybridized carbons (Fsp3) is 0.647. The SMILES string of the molecule is Cc1ccc(S(=O)(=O)OC[C@@]2(C)CCCN2C(C)(C)C)cc1. The van der Waals surface area contributed by atoms with Crippen molar-refractivity contribution in [1.29, 1.82) is 0 Å². The van der Waals surface area contributed by atoms with Crippen molar-refractivity contribution >= 4 is 10.1 Å². The Bertz CT molecular complexity index is 616. The molecule has 5 heteroatoms. The summed E-state index contributed by atoms with van der Waals surface area (Å²) in [4.78, 5) is 2.58. The highest BCUT2D eigenvalue weighted by atomic mass is 32.2. The molecular formula is C17H27NO3S. The lowest BCUT2D eigenvalue weighted by molar-refractivity contribution is 0.0232. The van der Waals surface area contributed by atoms with Gasteiger partial charge in [-0.05, 0) is 66.1 Å². The molecule has 1 aliphatic rings. The molecule has 2 rings (SSSR count). The topological polar surface area (TPSA) is 46.6 Å². The smallest absolute Gasteiger partial charge is 0.291 e. The van der Waals surface area contributed by atoms with E-state index in [-0.39, 0.29) is 22.6 Å². The molecule has 1 aromatic rings. The third kappa shape index (κ3) is 3.70. The number of likely N-dealkylation sites (tertiary alicyclic amines) is 1. The molecule has 22 heavy (non-hydrogen) atoms. The number of aryl methyl sites for hydroxylation is 1. The number of hydrogen-bond acceptors (Lipinski definition) is 4. The van der Waals surface area contributed by atoms with Crippen LogP contribution in [0.2, 0.25) is 0 Å². The predicted octanol–water partition coefficient (Wildman–Crippen LogP) is 3.35. The summed E-state index contributed by atoms with van der Waals surface area (Å²) in [6.45, 7) is 11.7. The lowest BCUT2D eigenvalue weighted by Crippen LogP contribution is -2.54. The summed E-state index contributed by atoms with van der Waals surface area (Å²) in [5.41, 5.74) is 0.790. The first-order valence-electron chi connectivity index (χ1n) is 7.78. The van der Waals surface area contributed by atoms with Crippen molar-refractivity contribution in [2.75, 3.05) is 13.2 Å². The zero-order chi connectivity index (χ0) is 16.6. The van der Waals surface area contributed by atoms with Gasteiger partial charge in [0, 0.05) is 11.1 Å². The Morgan fingerprint density at radius 1 is 1.23 bits per heavy atom. The summed E-state index contributed by atoms with van der Waals surface area (Å²) in [5.74, 6) is 0. The zero-order valence-electron chi connectivity index (χ0n) is 14.2. The van der Waals surface area contributed by atoms with Gasteiger partial charge < -0.3 is 0 Å². The third-order valence-electron chi connectivity index (χ3n) is 4.39. The minimum atomic E-state index is -3.70. The van der Waals surface area contributed by atoms with Gasteiger partial charge in [-0.1, -0.05) is 17.7 Å². The maximum absolute atomic E-state index is 12.4. The molecule has 0 N–H and O–H groups in total. The largest absolute Gasteiger partial charge is 0.297 e. The molecule has 124 valence electrons. The van der Waals surface area contributed by atoms with Crippen molar-refractivity contribution in [3.8, 4) is 0 Å². The average molecular weight is 325 g/mol. The molecule has 0 saturated carbocycles. The van der Waals surface area contributed by atoms with Crippen molar-refractivity contribution < 1.29 is 12.6 Å². The Hall–Kier alpha value is -0.910. The molecule has 0 spiro atoms. The first-order valence-corrected chi connectivity index (χ1v) is 9.19. The lowest BCUT2D eigenvalue weighted by atomic mass is 9.95. The number of nitrogens with zero attached hydrogens (tertiary/aromatic N) is 1. The molecule has 1 fully saturated rings. The highest BCUT2D eigenvalue weighted by Gasteiger charge is 2.43. The van der Waals surface area contributed by atoms with Crippen LogP contribution in [-0.2, 0) is 14.3 Å². The Balaban J connectivity index is 2.13. The molecule has 0 amide bonds. The van der Waals surface area contributed by atoms with Crippen LogP contribution in [0.5, 0.6) is 0 Å². The highest BCUT2D eigenvalue weighted by molar-refractivity contribution is 7.86. The number of hydrogen-bond donors (Lipinski definition) is 0. The van der Waals surface area contributed by atoms with Crippen molar-refractivity contribution in [3.63, 3.8) is 0 Å². The van der Waals surface area contributed by atoms with Crippen LogP contribution in [0, 0.1) is 6.92 Å². The van der Waals surface area contributed by atoms with Crippen molar-refractivity contribution in [2.45, 2.75) is 63.4 Å². The molecule has 1 saturated heterocycles. The number of benzene rings is 1. The summed E-state index contributed by atoms with van der Waals surface area (Å²) in [6, 6.07) is 6.77. The Kier molecular flexibility index (Phi) is 4.71. The molecule has 0 aromatic heterocycles. The van der Waals surface area contributed by atoms with Gasteiger partial charge in [0.1, 0.15) is 0 Å². The van der Waals surface area contributed by atoms with Crippen LogP contribution in [0.15, 0.2) is 29.2 Å². The van der Waals surface area contributed by atoms with E-state index in [0.29, 0.717) is 0 Å². The van der Waals surface area contributed by atoms with E-state index in [2.05, 4.69) is 32.6 Å². The van der Waals surface area contributed by atoms with Crippen LogP contribution in [0.3, 0.4) is 0 Å². The molecule has 1 heterocycles. The van der Waals surface area contributed by atoms with Gasteiger partial charge in [0.25, 0.3) is 10.1 Å². The summed E-state index contributed by atoms with van der Waals surface area (Å²) in [5, 5.41) is 0. The Morgan fingerprint density at radius 2 is 1.82 bits per heavy atom. The van der Waals surface area contributed by atoms with E-state index in [1.165, 1.54) is 0 Å². The minimum Gasteiger partial charge on any atom is -0.291 e. The Labute approximate surface area is 134 Å². The first kappa shape index (κ1) is 17.4. The predicted molar refractivity (Wildman–Crippen MR) is 88.4 cm³/mol. The molecule has 0 radical (unpaired) electrons. The van der Waals surface area contributed by atoms with E-state index in [4.69, 9.17) is 4.18 Å². The van der Waals surface area contributed by atoms with E-state index < -0.39 is 10.1 Å². The van der Waals surface area contributed by atoms with E-state index in [0.717, 1.165) is 24.9 Å². The monoisotopic (exact) mass is 325 g/mol. The van der Waals surface area contributed by atoms with Gasteiger partial charge in [-0.15, -0.1) is 0 Å². The van der Waals surface area contributed by atoms with Crippen LogP contribution in [-0.4, -0.2) is 37.5 Å². The van der Waals surface area contributed by atoms with Crippen LogP contribution in [0.4, 0.5) is 0 Å². The quantitative estimate of drug-likeness (QED) is 0.797. The summed E-state index contributed by atoms with van der Waals surface area (Å²) < 4.78 is 30.1. The first-order chi connectivity index (χ1) is 10.0. The van der Waals surface area contributed by atoms with Crippen LogP contribution >= 0.6 is 0 Å². The average Bonchev–Trinajstić information content (AvgIpc) is 2.80. The fourth-order valence-corrected chi connectivity index (χ4v) is 4.31. The summed E-state index contributed by atoms with van der Waals surface area (Å²) in [6.07, 6.45) is 2.02. The van der Waals surface area contributed by atoms with E-state index in [1.54, 1.807) is 24.3 Å².